The van der Waals surface area contributed by atoms with Gasteiger partial charge in [0.25, 0.3) is 0 Å². The van der Waals surface area contributed by atoms with Gasteiger partial charge in [0, 0.05) is 12.0 Å². The van der Waals surface area contributed by atoms with Crippen LogP contribution >= 0.6 is 0 Å². The minimum atomic E-state index is -1.10. The molecular formula is C21H20F4O3. The van der Waals surface area contributed by atoms with E-state index in [0.717, 1.165) is 49.9 Å². The van der Waals surface area contributed by atoms with E-state index in [9.17, 15) is 27.2 Å². The van der Waals surface area contributed by atoms with Crippen molar-refractivity contribution in [1.29, 1.82) is 0 Å². The molecule has 0 spiro atoms. The second-order valence-electron chi connectivity index (χ2n) is 6.73. The molecule has 0 heterocycles. The Hall–Kier alpha value is -2.70. The van der Waals surface area contributed by atoms with Gasteiger partial charge in [0.1, 0.15) is 23.2 Å². The summed E-state index contributed by atoms with van der Waals surface area (Å²) in [7, 11) is 0. The molecule has 0 amide bonds. The van der Waals surface area contributed by atoms with Gasteiger partial charge in [-0.3, -0.25) is 4.79 Å². The van der Waals surface area contributed by atoms with Crippen LogP contribution in [0.15, 0.2) is 42.5 Å². The van der Waals surface area contributed by atoms with E-state index in [2.05, 4.69) is 6.92 Å². The average molecular weight is 396 g/mol. The lowest BCUT2D eigenvalue weighted by atomic mass is 9.83. The van der Waals surface area contributed by atoms with Crippen molar-refractivity contribution < 1.29 is 31.9 Å². The summed E-state index contributed by atoms with van der Waals surface area (Å²) in [5.41, 5.74) is -0.388. The molecule has 1 aliphatic carbocycles. The van der Waals surface area contributed by atoms with Gasteiger partial charge in [0.05, 0.1) is 5.56 Å². The highest BCUT2D eigenvalue weighted by molar-refractivity contribution is 5.91. The Bertz CT molecular complexity index is 813. The number of rotatable bonds is 3. The van der Waals surface area contributed by atoms with E-state index in [1.54, 1.807) is 0 Å². The van der Waals surface area contributed by atoms with Crippen LogP contribution in [0, 0.1) is 29.3 Å². The molecule has 1 aliphatic rings. The van der Waals surface area contributed by atoms with Gasteiger partial charge in [-0.1, -0.05) is 6.92 Å². The van der Waals surface area contributed by atoms with Crippen molar-refractivity contribution in [3.8, 4) is 5.75 Å². The molecule has 0 N–H and O–H groups in total. The number of hydrogen-bond donors (Lipinski definition) is 0. The topological polar surface area (TPSA) is 43.4 Å². The van der Waals surface area contributed by atoms with Crippen LogP contribution in [0.25, 0.3) is 0 Å². The van der Waals surface area contributed by atoms with Crippen molar-refractivity contribution in [2.75, 3.05) is 0 Å². The van der Waals surface area contributed by atoms with Crippen LogP contribution in [-0.2, 0) is 4.79 Å². The Morgan fingerprint density at radius 3 is 2.00 bits per heavy atom. The van der Waals surface area contributed by atoms with Crippen LogP contribution in [0.4, 0.5) is 17.6 Å². The molecule has 0 aliphatic heterocycles. The van der Waals surface area contributed by atoms with Gasteiger partial charge >= 0.3 is 12.0 Å². The van der Waals surface area contributed by atoms with Crippen molar-refractivity contribution in [2.45, 2.75) is 32.6 Å². The first kappa shape index (κ1) is 21.6. The molecule has 7 heteroatoms. The highest BCUT2D eigenvalue weighted by Gasteiger charge is 2.23. The first-order valence-electron chi connectivity index (χ1n) is 8.88. The number of carbonyl (C=O) groups excluding carboxylic acids is 2. The minimum Gasteiger partial charge on any atom is -0.423 e. The lowest BCUT2D eigenvalue weighted by molar-refractivity contribution is -0.134. The fourth-order valence-corrected chi connectivity index (χ4v) is 2.81. The lowest BCUT2D eigenvalue weighted by Crippen LogP contribution is -2.17. The normalized spacial score (nSPS) is 18.6. The zero-order valence-corrected chi connectivity index (χ0v) is 15.3. The molecule has 0 bridgehead atoms. The van der Waals surface area contributed by atoms with E-state index in [4.69, 9.17) is 4.74 Å². The second kappa shape index (κ2) is 10.0. The summed E-state index contributed by atoms with van der Waals surface area (Å²) in [5, 5.41) is 0. The number of halogens is 4. The third-order valence-corrected chi connectivity index (χ3v) is 4.51. The third kappa shape index (κ3) is 6.48. The highest BCUT2D eigenvalue weighted by atomic mass is 19.1. The molecule has 0 radical (unpaired) electrons. The Kier molecular flexibility index (Phi) is 7.72. The van der Waals surface area contributed by atoms with Crippen molar-refractivity contribution in [2.24, 2.45) is 11.8 Å². The number of hydrogen-bond acceptors (Lipinski definition) is 3. The van der Waals surface area contributed by atoms with Gasteiger partial charge < -0.3 is 4.74 Å². The standard InChI is InChI=1S/C13H7F3O2.C8H13FO/c14-8-1-4-10(5-2-8)18-13(17)11-6-3-9(15)7-12(11)16;1-6-2-4-7(5-3-6)8(9)10/h1-7H;6-7H,2-5H2,1H3. The molecule has 1 fully saturated rings. The Labute approximate surface area is 160 Å². The van der Waals surface area contributed by atoms with Gasteiger partial charge in [-0.05, 0) is 68.0 Å². The zero-order valence-electron chi connectivity index (χ0n) is 15.3. The summed E-state index contributed by atoms with van der Waals surface area (Å²) in [6.07, 6.45) is 3.55. The zero-order chi connectivity index (χ0) is 20.7. The van der Waals surface area contributed by atoms with Crippen molar-refractivity contribution >= 4 is 12.0 Å². The maximum atomic E-state index is 13.3. The number of esters is 1. The first-order valence-corrected chi connectivity index (χ1v) is 8.88. The molecule has 0 atom stereocenters. The van der Waals surface area contributed by atoms with E-state index in [0.29, 0.717) is 12.0 Å². The smallest absolute Gasteiger partial charge is 0.346 e. The lowest BCUT2D eigenvalue weighted by Gasteiger charge is -2.22. The van der Waals surface area contributed by atoms with Gasteiger partial charge in [0.2, 0.25) is 0 Å². The molecule has 3 rings (SSSR count). The van der Waals surface area contributed by atoms with Crippen molar-refractivity contribution in [3.05, 3.63) is 65.5 Å². The molecule has 0 aromatic heterocycles. The highest BCUT2D eigenvalue weighted by Crippen LogP contribution is 2.28. The fourth-order valence-electron chi connectivity index (χ4n) is 2.81. The Morgan fingerprint density at radius 2 is 1.46 bits per heavy atom. The van der Waals surface area contributed by atoms with Crippen molar-refractivity contribution in [3.63, 3.8) is 0 Å². The van der Waals surface area contributed by atoms with Crippen LogP contribution in [0.2, 0.25) is 0 Å². The molecule has 0 saturated heterocycles. The maximum absolute atomic E-state index is 13.3. The van der Waals surface area contributed by atoms with E-state index in [1.165, 1.54) is 12.1 Å². The van der Waals surface area contributed by atoms with E-state index in [-0.39, 0.29) is 17.2 Å². The van der Waals surface area contributed by atoms with Crippen LogP contribution in [0.3, 0.4) is 0 Å². The summed E-state index contributed by atoms with van der Waals surface area (Å²) in [6, 6.07) is 6.07. The van der Waals surface area contributed by atoms with Gasteiger partial charge in [-0.15, -0.1) is 0 Å². The summed E-state index contributed by atoms with van der Waals surface area (Å²) < 4.78 is 55.4. The Morgan fingerprint density at radius 1 is 0.893 bits per heavy atom. The van der Waals surface area contributed by atoms with Crippen molar-refractivity contribution in [1.82, 2.24) is 0 Å². The van der Waals surface area contributed by atoms with Crippen LogP contribution in [0.5, 0.6) is 5.75 Å². The quantitative estimate of drug-likeness (QED) is 0.292. The Balaban J connectivity index is 0.000000237. The monoisotopic (exact) mass is 396 g/mol. The second-order valence-corrected chi connectivity index (χ2v) is 6.73. The largest absolute Gasteiger partial charge is 0.423 e. The molecule has 28 heavy (non-hydrogen) atoms. The SMILES string of the molecule is CC1CCC(C(=O)F)CC1.O=C(Oc1ccc(F)cc1)c1ccc(F)cc1F. The first-order chi connectivity index (χ1) is 13.3. The maximum Gasteiger partial charge on any atom is 0.346 e. The molecule has 0 unspecified atom stereocenters. The van der Waals surface area contributed by atoms with E-state index < -0.39 is 29.5 Å². The molecule has 150 valence electrons. The van der Waals surface area contributed by atoms with Crippen LogP contribution in [0.1, 0.15) is 43.0 Å². The predicted octanol–water partition coefficient (Wildman–Crippen LogP) is 5.63. The summed E-state index contributed by atoms with van der Waals surface area (Å²) in [5.74, 6) is -2.76. The fraction of sp³-hybridized carbons (Fsp3) is 0.333. The molecule has 2 aromatic carbocycles. The van der Waals surface area contributed by atoms with Crippen LogP contribution < -0.4 is 4.74 Å². The molecular weight excluding hydrogens is 376 g/mol. The molecule has 1 saturated carbocycles. The number of ether oxygens (including phenoxy) is 1. The summed E-state index contributed by atoms with van der Waals surface area (Å²) in [4.78, 5) is 21.8. The minimum absolute atomic E-state index is 0.0742. The summed E-state index contributed by atoms with van der Waals surface area (Å²) in [6.45, 7) is 2.15. The predicted molar refractivity (Wildman–Crippen MR) is 95.0 cm³/mol. The third-order valence-electron chi connectivity index (χ3n) is 4.51. The summed E-state index contributed by atoms with van der Waals surface area (Å²) >= 11 is 0. The molecule has 2 aromatic rings. The van der Waals surface area contributed by atoms with Crippen LogP contribution in [-0.4, -0.2) is 12.0 Å². The van der Waals surface area contributed by atoms with E-state index >= 15 is 0 Å². The molecule has 3 nitrogen and oxygen atoms in total. The van der Waals surface area contributed by atoms with Gasteiger partial charge in [0.15, 0.2) is 0 Å². The number of carbonyl (C=O) groups is 2. The van der Waals surface area contributed by atoms with Gasteiger partial charge in [-0.25, -0.2) is 18.0 Å². The average Bonchev–Trinajstić information content (AvgIpc) is 2.64. The van der Waals surface area contributed by atoms with E-state index in [1.807, 2.05) is 0 Å². The number of benzene rings is 2. The van der Waals surface area contributed by atoms with Gasteiger partial charge in [-0.2, -0.15) is 4.39 Å².